The summed E-state index contributed by atoms with van der Waals surface area (Å²) in [5.74, 6) is -1.12. The molecule has 3 rings (SSSR count). The molecule has 0 heterocycles. The third-order valence-corrected chi connectivity index (χ3v) is 6.68. The first-order valence-corrected chi connectivity index (χ1v) is 13.9. The van der Waals surface area contributed by atoms with Crippen LogP contribution in [0, 0.1) is 11.7 Å². The number of halogens is 1. The molecular weight excluding hydrogens is 495 g/mol. The van der Waals surface area contributed by atoms with Crippen molar-refractivity contribution >= 4 is 11.9 Å². The van der Waals surface area contributed by atoms with Crippen LogP contribution in [0.4, 0.5) is 4.39 Å². The first-order valence-electron chi connectivity index (χ1n) is 13.9. The lowest BCUT2D eigenvalue weighted by molar-refractivity contribution is 0.0441. The molecule has 0 aromatic heterocycles. The molecule has 0 bridgehead atoms. The van der Waals surface area contributed by atoms with Gasteiger partial charge in [0.15, 0.2) is 0 Å². The van der Waals surface area contributed by atoms with Crippen LogP contribution in [0.25, 0.3) is 11.1 Å². The summed E-state index contributed by atoms with van der Waals surface area (Å²) in [5, 5.41) is 0. The lowest BCUT2D eigenvalue weighted by atomic mass is 10.0. The van der Waals surface area contributed by atoms with Gasteiger partial charge >= 0.3 is 11.9 Å². The lowest BCUT2D eigenvalue weighted by Gasteiger charge is -2.15. The van der Waals surface area contributed by atoms with Crippen molar-refractivity contribution in [2.75, 3.05) is 6.61 Å². The SMILES string of the molecule is CCCCCCC(C)Oc1ccc(-c2ccc(C(=O)Oc3ccc(C(=O)OC[C@@H](C)CC)c(F)c3)cc2)cc1. The van der Waals surface area contributed by atoms with Gasteiger partial charge in [0, 0.05) is 6.07 Å². The van der Waals surface area contributed by atoms with Gasteiger partial charge in [-0.05, 0) is 73.2 Å². The maximum atomic E-state index is 14.5. The van der Waals surface area contributed by atoms with Crippen LogP contribution in [0.15, 0.2) is 66.7 Å². The van der Waals surface area contributed by atoms with Gasteiger partial charge in [0.05, 0.1) is 23.8 Å². The van der Waals surface area contributed by atoms with Gasteiger partial charge in [0.25, 0.3) is 0 Å². The summed E-state index contributed by atoms with van der Waals surface area (Å²) in [5.41, 5.74) is 2.07. The molecule has 39 heavy (non-hydrogen) atoms. The third-order valence-electron chi connectivity index (χ3n) is 6.68. The molecule has 0 fully saturated rings. The number of rotatable bonds is 14. The molecule has 0 saturated carbocycles. The second-order valence-corrected chi connectivity index (χ2v) is 10.0. The molecule has 0 N–H and O–H groups in total. The molecule has 0 amide bonds. The van der Waals surface area contributed by atoms with Crippen LogP contribution in [0.5, 0.6) is 11.5 Å². The lowest BCUT2D eigenvalue weighted by Crippen LogP contribution is -2.13. The van der Waals surface area contributed by atoms with E-state index in [0.717, 1.165) is 35.8 Å². The van der Waals surface area contributed by atoms with Crippen molar-refractivity contribution in [2.24, 2.45) is 5.92 Å². The van der Waals surface area contributed by atoms with Crippen molar-refractivity contribution in [3.05, 3.63) is 83.7 Å². The van der Waals surface area contributed by atoms with E-state index in [1.165, 1.54) is 37.8 Å². The molecule has 2 atom stereocenters. The fourth-order valence-electron chi connectivity index (χ4n) is 3.98. The van der Waals surface area contributed by atoms with Crippen LogP contribution >= 0.6 is 0 Å². The van der Waals surface area contributed by atoms with Crippen molar-refractivity contribution < 1.29 is 28.2 Å². The molecule has 3 aromatic rings. The molecular formula is C33H39FO5. The normalized spacial score (nSPS) is 12.4. The van der Waals surface area contributed by atoms with Crippen LogP contribution < -0.4 is 9.47 Å². The van der Waals surface area contributed by atoms with E-state index in [4.69, 9.17) is 14.2 Å². The highest BCUT2D eigenvalue weighted by Gasteiger charge is 2.17. The Balaban J connectivity index is 1.55. The van der Waals surface area contributed by atoms with Gasteiger partial charge in [-0.25, -0.2) is 14.0 Å². The number of ether oxygens (including phenoxy) is 3. The van der Waals surface area contributed by atoms with E-state index in [0.29, 0.717) is 5.56 Å². The highest BCUT2D eigenvalue weighted by Crippen LogP contribution is 2.25. The summed E-state index contributed by atoms with van der Waals surface area (Å²) in [6.07, 6.45) is 6.98. The third kappa shape index (κ3) is 9.24. The molecule has 0 spiro atoms. The fraction of sp³-hybridized carbons (Fsp3) is 0.394. The summed E-state index contributed by atoms with van der Waals surface area (Å²) in [6.45, 7) is 8.46. The van der Waals surface area contributed by atoms with Crippen molar-refractivity contribution in [3.63, 3.8) is 0 Å². The smallest absolute Gasteiger partial charge is 0.343 e. The van der Waals surface area contributed by atoms with Crippen LogP contribution in [0.2, 0.25) is 0 Å². The van der Waals surface area contributed by atoms with Gasteiger partial charge in [-0.15, -0.1) is 0 Å². The molecule has 3 aromatic carbocycles. The molecule has 1 unspecified atom stereocenters. The van der Waals surface area contributed by atoms with Gasteiger partial charge in [-0.2, -0.15) is 0 Å². The average molecular weight is 535 g/mol. The van der Waals surface area contributed by atoms with Crippen LogP contribution in [-0.4, -0.2) is 24.6 Å². The molecule has 208 valence electrons. The van der Waals surface area contributed by atoms with E-state index < -0.39 is 17.8 Å². The second kappa shape index (κ2) is 15.1. The number of hydrogen-bond donors (Lipinski definition) is 0. The predicted molar refractivity (Wildman–Crippen MR) is 152 cm³/mol. The van der Waals surface area contributed by atoms with Gasteiger partial charge in [0.1, 0.15) is 17.3 Å². The zero-order valence-electron chi connectivity index (χ0n) is 23.4. The Kier molecular flexibility index (Phi) is 11.5. The highest BCUT2D eigenvalue weighted by atomic mass is 19.1. The first-order chi connectivity index (χ1) is 18.8. The molecule has 0 aliphatic heterocycles. The van der Waals surface area contributed by atoms with E-state index in [9.17, 15) is 14.0 Å². The topological polar surface area (TPSA) is 61.8 Å². The van der Waals surface area contributed by atoms with Crippen molar-refractivity contribution in [3.8, 4) is 22.6 Å². The minimum Gasteiger partial charge on any atom is -0.491 e. The Morgan fingerprint density at radius 1 is 0.795 bits per heavy atom. The summed E-state index contributed by atoms with van der Waals surface area (Å²) >= 11 is 0. The van der Waals surface area contributed by atoms with Crippen molar-refractivity contribution in [1.82, 2.24) is 0 Å². The van der Waals surface area contributed by atoms with Gasteiger partial charge < -0.3 is 14.2 Å². The molecule has 6 heteroatoms. The Labute approximate surface area is 231 Å². The Bertz CT molecular complexity index is 1200. The number of benzene rings is 3. The number of carbonyl (C=O) groups excluding carboxylic acids is 2. The van der Waals surface area contributed by atoms with E-state index in [1.54, 1.807) is 12.1 Å². The summed E-state index contributed by atoms with van der Waals surface area (Å²) < 4.78 is 31.0. The van der Waals surface area contributed by atoms with Gasteiger partial charge in [-0.1, -0.05) is 70.7 Å². The van der Waals surface area contributed by atoms with Crippen LogP contribution in [-0.2, 0) is 4.74 Å². The molecule has 0 radical (unpaired) electrons. The average Bonchev–Trinajstić information content (AvgIpc) is 2.94. The highest BCUT2D eigenvalue weighted by molar-refractivity contribution is 5.92. The second-order valence-electron chi connectivity index (χ2n) is 10.0. The number of esters is 2. The summed E-state index contributed by atoms with van der Waals surface area (Å²) in [4.78, 5) is 24.7. The van der Waals surface area contributed by atoms with Crippen molar-refractivity contribution in [2.45, 2.75) is 72.3 Å². The fourth-order valence-corrected chi connectivity index (χ4v) is 3.98. The summed E-state index contributed by atoms with van der Waals surface area (Å²) in [7, 11) is 0. The first kappa shape index (κ1) is 29.9. The zero-order valence-corrected chi connectivity index (χ0v) is 23.4. The maximum Gasteiger partial charge on any atom is 0.343 e. The largest absolute Gasteiger partial charge is 0.491 e. The molecule has 0 aliphatic rings. The number of hydrogen-bond acceptors (Lipinski definition) is 5. The molecule has 5 nitrogen and oxygen atoms in total. The minimum atomic E-state index is -0.803. The van der Waals surface area contributed by atoms with E-state index >= 15 is 0 Å². The van der Waals surface area contributed by atoms with E-state index in [2.05, 4.69) is 13.8 Å². The summed E-state index contributed by atoms with van der Waals surface area (Å²) in [6, 6.07) is 18.5. The molecule has 0 saturated heterocycles. The standard InChI is InChI=1S/C33H39FO5/c1-5-7-8-9-10-24(4)38-28-17-15-26(16-18-28)25-11-13-27(14-12-25)32(35)39-29-19-20-30(31(34)21-29)33(36)37-22-23(3)6-2/h11-21,23-24H,5-10,22H2,1-4H3/t23-,24?/m0/s1. The van der Waals surface area contributed by atoms with Gasteiger partial charge in [0.2, 0.25) is 0 Å². The van der Waals surface area contributed by atoms with Crippen LogP contribution in [0.1, 0.15) is 86.9 Å². The number of unbranched alkanes of at least 4 members (excludes halogenated alkanes) is 3. The van der Waals surface area contributed by atoms with Crippen molar-refractivity contribution in [1.29, 1.82) is 0 Å². The Hall–Kier alpha value is -3.67. The quantitative estimate of drug-likeness (QED) is 0.118. The Morgan fingerprint density at radius 3 is 2.05 bits per heavy atom. The monoisotopic (exact) mass is 534 g/mol. The minimum absolute atomic E-state index is 0.00948. The van der Waals surface area contributed by atoms with E-state index in [1.807, 2.05) is 50.2 Å². The zero-order chi connectivity index (χ0) is 28.2. The van der Waals surface area contributed by atoms with Crippen LogP contribution in [0.3, 0.4) is 0 Å². The predicted octanol–water partition coefficient (Wildman–Crippen LogP) is 8.65. The Morgan fingerprint density at radius 2 is 1.44 bits per heavy atom. The molecule has 0 aliphatic carbocycles. The maximum absolute atomic E-state index is 14.5. The van der Waals surface area contributed by atoms with Gasteiger partial charge in [-0.3, -0.25) is 0 Å². The number of carbonyl (C=O) groups is 2. The van der Waals surface area contributed by atoms with E-state index in [-0.39, 0.29) is 29.9 Å².